The normalized spacial score (nSPS) is 12.5. The monoisotopic (exact) mass is 352 g/mol. The van der Waals surface area contributed by atoms with Crippen LogP contribution >= 0.6 is 38.5 Å². The van der Waals surface area contributed by atoms with Gasteiger partial charge in [-0.3, -0.25) is 4.79 Å². The van der Waals surface area contributed by atoms with E-state index in [1.165, 1.54) is 9.13 Å². The molecule has 0 N–H and O–H groups in total. The third-order valence-electron chi connectivity index (χ3n) is 1.80. The first kappa shape index (κ1) is 11.2. The molecule has 0 radical (unpaired) electrons. The fraction of sp³-hybridized carbons (Fsp3) is 0.300. The Morgan fingerprint density at radius 1 is 1.54 bits per heavy atom. The average Bonchev–Trinajstić information content (AvgIpc) is 2.08. The van der Waals surface area contributed by atoms with Gasteiger partial charge in [-0.1, -0.05) is 34.1 Å². The molecule has 0 heterocycles. The third kappa shape index (κ3) is 3.38. The van der Waals surface area contributed by atoms with Crippen LogP contribution in [0.25, 0.3) is 0 Å². The molecule has 1 aromatic carbocycles. The van der Waals surface area contributed by atoms with E-state index in [0.29, 0.717) is 0 Å². The highest BCUT2D eigenvalue weighted by Gasteiger charge is 2.11. The van der Waals surface area contributed by atoms with Gasteiger partial charge < -0.3 is 0 Å². The molecule has 3 heteroatoms. The van der Waals surface area contributed by atoms with Gasteiger partial charge in [0.2, 0.25) is 0 Å². The van der Waals surface area contributed by atoms with E-state index in [0.717, 1.165) is 6.42 Å². The third-order valence-corrected chi connectivity index (χ3v) is 3.82. The Morgan fingerprint density at radius 3 is 2.69 bits per heavy atom. The number of benzene rings is 1. The number of hydrogen-bond acceptors (Lipinski definition) is 1. The summed E-state index contributed by atoms with van der Waals surface area (Å²) in [6, 6.07) is 8.11. The summed E-state index contributed by atoms with van der Waals surface area (Å²) >= 11 is 5.65. The van der Waals surface area contributed by atoms with E-state index in [2.05, 4.69) is 50.7 Å². The SMILES string of the molecule is CC(=O)C(Br)Cc1ccccc1I. The standard InChI is InChI=1S/C10H10BrIO/c1-7(13)9(11)6-8-4-2-3-5-10(8)12/h2-5,9H,6H2,1H3. The maximum Gasteiger partial charge on any atom is 0.143 e. The van der Waals surface area contributed by atoms with Gasteiger partial charge in [-0.25, -0.2) is 0 Å². The number of alkyl halides is 1. The summed E-state index contributed by atoms with van der Waals surface area (Å²) < 4.78 is 1.21. The first-order valence-corrected chi connectivity index (χ1v) is 5.98. The lowest BCUT2D eigenvalue weighted by atomic mass is 10.1. The number of halogens is 2. The van der Waals surface area contributed by atoms with Gasteiger partial charge >= 0.3 is 0 Å². The number of rotatable bonds is 3. The van der Waals surface area contributed by atoms with Crippen molar-refractivity contribution in [2.75, 3.05) is 0 Å². The van der Waals surface area contributed by atoms with Crippen LogP contribution in [0.3, 0.4) is 0 Å². The van der Waals surface area contributed by atoms with Gasteiger partial charge in [0.15, 0.2) is 0 Å². The molecule has 1 aromatic rings. The minimum absolute atomic E-state index is 0.0524. The molecule has 0 saturated heterocycles. The summed E-state index contributed by atoms with van der Waals surface area (Å²) in [5, 5.41) is 0. The highest BCUT2D eigenvalue weighted by molar-refractivity contribution is 14.1. The molecule has 0 amide bonds. The van der Waals surface area contributed by atoms with Gasteiger partial charge in [0.05, 0.1) is 4.83 Å². The number of ketones is 1. The van der Waals surface area contributed by atoms with Crippen LogP contribution < -0.4 is 0 Å². The molecular formula is C10H10BrIO. The molecule has 0 spiro atoms. The van der Waals surface area contributed by atoms with Crippen molar-refractivity contribution in [3.05, 3.63) is 33.4 Å². The van der Waals surface area contributed by atoms with Crippen molar-refractivity contribution < 1.29 is 4.79 Å². The second-order valence-electron chi connectivity index (χ2n) is 2.87. The Kier molecular flexibility index (Phi) is 4.38. The van der Waals surface area contributed by atoms with Gasteiger partial charge in [0, 0.05) is 3.57 Å². The van der Waals surface area contributed by atoms with Crippen LogP contribution in [0.2, 0.25) is 0 Å². The maximum absolute atomic E-state index is 11.0. The quantitative estimate of drug-likeness (QED) is 0.603. The number of Topliss-reactive ketones (excluding diaryl/α,β-unsaturated/α-hetero) is 1. The van der Waals surface area contributed by atoms with Crippen LogP contribution in [0.4, 0.5) is 0 Å². The van der Waals surface area contributed by atoms with Crippen LogP contribution in [0.5, 0.6) is 0 Å². The highest BCUT2D eigenvalue weighted by Crippen LogP contribution is 2.16. The fourth-order valence-electron chi connectivity index (χ4n) is 1.00. The van der Waals surface area contributed by atoms with Crippen LogP contribution in [0.1, 0.15) is 12.5 Å². The summed E-state index contributed by atoms with van der Waals surface area (Å²) in [6.07, 6.45) is 0.772. The molecule has 1 rings (SSSR count). The molecule has 0 aliphatic carbocycles. The van der Waals surface area contributed by atoms with E-state index in [4.69, 9.17) is 0 Å². The highest BCUT2D eigenvalue weighted by atomic mass is 127. The molecule has 0 aromatic heterocycles. The van der Waals surface area contributed by atoms with E-state index < -0.39 is 0 Å². The molecule has 0 bridgehead atoms. The number of carbonyl (C=O) groups is 1. The Balaban J connectivity index is 2.74. The molecule has 0 aliphatic heterocycles. The van der Waals surface area contributed by atoms with E-state index in [1.54, 1.807) is 6.92 Å². The molecule has 13 heavy (non-hydrogen) atoms. The van der Waals surface area contributed by atoms with Crippen molar-refractivity contribution in [3.8, 4) is 0 Å². The van der Waals surface area contributed by atoms with Crippen molar-refractivity contribution in [2.24, 2.45) is 0 Å². The minimum Gasteiger partial charge on any atom is -0.299 e. The van der Waals surface area contributed by atoms with Crippen LogP contribution in [-0.4, -0.2) is 10.6 Å². The topological polar surface area (TPSA) is 17.1 Å². The van der Waals surface area contributed by atoms with Gasteiger partial charge in [-0.15, -0.1) is 0 Å². The zero-order valence-corrected chi connectivity index (χ0v) is 11.0. The molecule has 70 valence electrons. The van der Waals surface area contributed by atoms with Gasteiger partial charge in [-0.2, -0.15) is 0 Å². The summed E-state index contributed by atoms with van der Waals surface area (Å²) in [5.74, 6) is 0.180. The first-order chi connectivity index (χ1) is 6.11. The van der Waals surface area contributed by atoms with Crippen LogP contribution in [0, 0.1) is 3.57 Å². The fourth-order valence-corrected chi connectivity index (χ4v) is 1.96. The van der Waals surface area contributed by atoms with Crippen molar-refractivity contribution in [1.29, 1.82) is 0 Å². The van der Waals surface area contributed by atoms with Crippen molar-refractivity contribution in [1.82, 2.24) is 0 Å². The molecular weight excluding hydrogens is 343 g/mol. The van der Waals surface area contributed by atoms with E-state index in [-0.39, 0.29) is 10.6 Å². The summed E-state index contributed by atoms with van der Waals surface area (Å²) in [4.78, 5) is 11.0. The second-order valence-corrected chi connectivity index (χ2v) is 5.14. The lowest BCUT2D eigenvalue weighted by molar-refractivity contribution is -0.116. The van der Waals surface area contributed by atoms with Crippen LogP contribution in [0.15, 0.2) is 24.3 Å². The van der Waals surface area contributed by atoms with Gasteiger partial charge in [0.25, 0.3) is 0 Å². The number of carbonyl (C=O) groups excluding carboxylic acids is 1. The Labute approximate surface area is 100 Å². The molecule has 0 saturated carbocycles. The lowest BCUT2D eigenvalue weighted by Gasteiger charge is -2.07. The average molecular weight is 353 g/mol. The predicted molar refractivity (Wildman–Crippen MR) is 66.3 cm³/mol. The maximum atomic E-state index is 11.0. The van der Waals surface area contributed by atoms with Crippen LogP contribution in [-0.2, 0) is 11.2 Å². The van der Waals surface area contributed by atoms with E-state index >= 15 is 0 Å². The zero-order valence-electron chi connectivity index (χ0n) is 7.26. The Hall–Kier alpha value is 0.100. The summed E-state index contributed by atoms with van der Waals surface area (Å²) in [6.45, 7) is 1.61. The van der Waals surface area contributed by atoms with Crippen molar-refractivity contribution in [3.63, 3.8) is 0 Å². The minimum atomic E-state index is -0.0524. The Morgan fingerprint density at radius 2 is 2.15 bits per heavy atom. The first-order valence-electron chi connectivity index (χ1n) is 3.99. The molecule has 1 nitrogen and oxygen atoms in total. The van der Waals surface area contributed by atoms with Gasteiger partial charge in [-0.05, 0) is 47.6 Å². The number of hydrogen-bond donors (Lipinski definition) is 0. The van der Waals surface area contributed by atoms with Gasteiger partial charge in [0.1, 0.15) is 5.78 Å². The lowest BCUT2D eigenvalue weighted by Crippen LogP contribution is -2.13. The summed E-state index contributed by atoms with van der Waals surface area (Å²) in [5.41, 5.74) is 1.22. The molecule has 1 atom stereocenters. The molecule has 0 aliphatic rings. The largest absolute Gasteiger partial charge is 0.299 e. The Bertz CT molecular complexity index is 312. The molecule has 0 fully saturated rings. The smallest absolute Gasteiger partial charge is 0.143 e. The molecule has 1 unspecified atom stereocenters. The zero-order chi connectivity index (χ0) is 9.84. The second kappa shape index (κ2) is 5.10. The predicted octanol–water partition coefficient (Wildman–Crippen LogP) is 3.19. The van der Waals surface area contributed by atoms with E-state index in [1.807, 2.05) is 12.1 Å². The van der Waals surface area contributed by atoms with E-state index in [9.17, 15) is 4.79 Å². The van der Waals surface area contributed by atoms with Crippen molar-refractivity contribution >= 4 is 44.3 Å². The van der Waals surface area contributed by atoms with Crippen molar-refractivity contribution in [2.45, 2.75) is 18.2 Å². The summed E-state index contributed by atoms with van der Waals surface area (Å²) in [7, 11) is 0.